The first kappa shape index (κ1) is 19.6. The number of ether oxygens (including phenoxy) is 1. The summed E-state index contributed by atoms with van der Waals surface area (Å²) in [5.41, 5.74) is 2.24. The molecule has 1 aliphatic carbocycles. The molecule has 9 nitrogen and oxygen atoms in total. The monoisotopic (exact) mass is 406 g/mol. The van der Waals surface area contributed by atoms with E-state index in [1.165, 1.54) is 7.05 Å². The molecule has 3 amide bonds. The van der Waals surface area contributed by atoms with Crippen molar-refractivity contribution in [2.45, 2.75) is 19.8 Å². The van der Waals surface area contributed by atoms with Crippen LogP contribution in [0.5, 0.6) is 11.5 Å². The molecular weight excluding hydrogens is 384 g/mol. The van der Waals surface area contributed by atoms with Gasteiger partial charge in [0.1, 0.15) is 17.3 Å². The number of anilines is 1. The van der Waals surface area contributed by atoms with Crippen molar-refractivity contribution in [3.8, 4) is 22.8 Å². The molecular formula is C21H22N6O3. The lowest BCUT2D eigenvalue weighted by Gasteiger charge is -2.16. The highest BCUT2D eigenvalue weighted by molar-refractivity contribution is 6.01. The molecule has 1 aliphatic rings. The van der Waals surface area contributed by atoms with E-state index in [9.17, 15) is 9.59 Å². The van der Waals surface area contributed by atoms with Crippen LogP contribution in [0, 0.1) is 12.8 Å². The zero-order valence-electron chi connectivity index (χ0n) is 17.0. The van der Waals surface area contributed by atoms with Crippen molar-refractivity contribution < 1.29 is 14.3 Å². The summed E-state index contributed by atoms with van der Waals surface area (Å²) >= 11 is 0. The van der Waals surface area contributed by atoms with E-state index in [1.807, 2.05) is 19.3 Å². The molecule has 0 unspecified atom stereocenters. The Morgan fingerprint density at radius 3 is 2.73 bits per heavy atom. The molecule has 0 atom stereocenters. The standard InChI is InChI=1S/C21H22N6O3/c1-13-18(30-16-8-9-22-17(10-16)15-11-23-26(2)12-15)6-7-19(24-13)25-21(29)27(3)20(28)14-4-5-14/h6-12,14H,4-5H2,1-3H3,(H,24,25,29). The maximum Gasteiger partial charge on any atom is 0.329 e. The number of urea groups is 1. The first-order chi connectivity index (χ1) is 14.4. The molecule has 0 radical (unpaired) electrons. The van der Waals surface area contributed by atoms with Gasteiger partial charge in [0.25, 0.3) is 0 Å². The third-order valence-electron chi connectivity index (χ3n) is 4.79. The number of hydrogen-bond donors (Lipinski definition) is 1. The minimum absolute atomic E-state index is 0.0249. The predicted molar refractivity (Wildman–Crippen MR) is 110 cm³/mol. The normalized spacial score (nSPS) is 13.0. The van der Waals surface area contributed by atoms with Crippen LogP contribution in [-0.4, -0.2) is 43.6 Å². The molecule has 1 N–H and O–H groups in total. The fourth-order valence-corrected chi connectivity index (χ4v) is 2.94. The third-order valence-corrected chi connectivity index (χ3v) is 4.79. The second-order valence-electron chi connectivity index (χ2n) is 7.26. The lowest BCUT2D eigenvalue weighted by Crippen LogP contribution is -2.37. The highest BCUT2D eigenvalue weighted by Crippen LogP contribution is 2.31. The van der Waals surface area contributed by atoms with Gasteiger partial charge in [-0.15, -0.1) is 0 Å². The number of pyridine rings is 2. The predicted octanol–water partition coefficient (Wildman–Crippen LogP) is 3.38. The molecule has 4 rings (SSSR count). The van der Waals surface area contributed by atoms with Crippen LogP contribution in [0.4, 0.5) is 10.6 Å². The number of nitrogens with zero attached hydrogens (tertiary/aromatic N) is 5. The SMILES string of the molecule is Cc1nc(NC(=O)N(C)C(=O)C2CC2)ccc1Oc1ccnc(-c2cnn(C)c2)c1. The molecule has 154 valence electrons. The minimum Gasteiger partial charge on any atom is -0.455 e. The summed E-state index contributed by atoms with van der Waals surface area (Å²) in [7, 11) is 3.32. The fraction of sp³-hybridized carbons (Fsp3) is 0.286. The van der Waals surface area contributed by atoms with Gasteiger partial charge in [-0.2, -0.15) is 5.10 Å². The van der Waals surface area contributed by atoms with Gasteiger partial charge in [-0.3, -0.25) is 24.7 Å². The van der Waals surface area contributed by atoms with Crippen LogP contribution < -0.4 is 10.1 Å². The summed E-state index contributed by atoms with van der Waals surface area (Å²) in [6.45, 7) is 1.78. The highest BCUT2D eigenvalue weighted by atomic mass is 16.5. The van der Waals surface area contributed by atoms with Gasteiger partial charge < -0.3 is 4.74 Å². The molecule has 0 aromatic carbocycles. The van der Waals surface area contributed by atoms with Crippen molar-refractivity contribution in [3.05, 3.63) is 48.5 Å². The zero-order chi connectivity index (χ0) is 21.3. The molecule has 0 bridgehead atoms. The summed E-state index contributed by atoms with van der Waals surface area (Å²) in [6.07, 6.45) is 6.97. The topological polar surface area (TPSA) is 102 Å². The molecule has 30 heavy (non-hydrogen) atoms. The van der Waals surface area contributed by atoms with E-state index in [1.54, 1.807) is 42.2 Å². The van der Waals surface area contributed by atoms with Crippen LogP contribution in [0.1, 0.15) is 18.5 Å². The Hall–Kier alpha value is -3.75. The van der Waals surface area contributed by atoms with Gasteiger partial charge in [0.15, 0.2) is 0 Å². The summed E-state index contributed by atoms with van der Waals surface area (Å²) in [4.78, 5) is 34.1. The molecule has 3 aromatic rings. The lowest BCUT2D eigenvalue weighted by atomic mass is 10.2. The number of imide groups is 1. The van der Waals surface area contributed by atoms with E-state index in [0.29, 0.717) is 23.0 Å². The van der Waals surface area contributed by atoms with Crippen molar-refractivity contribution >= 4 is 17.8 Å². The van der Waals surface area contributed by atoms with Crippen LogP contribution >= 0.6 is 0 Å². The first-order valence-electron chi connectivity index (χ1n) is 9.60. The largest absolute Gasteiger partial charge is 0.455 e. The van der Waals surface area contributed by atoms with Gasteiger partial charge in [-0.1, -0.05) is 0 Å². The van der Waals surface area contributed by atoms with E-state index in [-0.39, 0.29) is 11.8 Å². The maximum absolute atomic E-state index is 12.3. The Morgan fingerprint density at radius 2 is 2.07 bits per heavy atom. The number of aryl methyl sites for hydroxylation is 2. The number of aromatic nitrogens is 4. The Kier molecular flexibility index (Phi) is 5.18. The fourth-order valence-electron chi connectivity index (χ4n) is 2.94. The maximum atomic E-state index is 12.3. The van der Waals surface area contributed by atoms with Crippen LogP contribution in [0.2, 0.25) is 0 Å². The molecule has 3 aromatic heterocycles. The van der Waals surface area contributed by atoms with Crippen molar-refractivity contribution in [2.24, 2.45) is 13.0 Å². The number of amides is 3. The summed E-state index contributed by atoms with van der Waals surface area (Å²) in [5, 5.41) is 6.81. The number of rotatable bonds is 5. The molecule has 9 heteroatoms. The number of carbonyl (C=O) groups excluding carboxylic acids is 2. The first-order valence-corrected chi connectivity index (χ1v) is 9.60. The summed E-state index contributed by atoms with van der Waals surface area (Å²) < 4.78 is 7.67. The van der Waals surface area contributed by atoms with Gasteiger partial charge >= 0.3 is 6.03 Å². The van der Waals surface area contributed by atoms with Gasteiger partial charge in [0.05, 0.1) is 17.6 Å². The molecule has 1 fully saturated rings. The molecule has 0 spiro atoms. The second kappa shape index (κ2) is 7.94. The van der Waals surface area contributed by atoms with E-state index in [2.05, 4.69) is 20.4 Å². The third kappa shape index (κ3) is 4.29. The van der Waals surface area contributed by atoms with Gasteiger partial charge in [-0.25, -0.2) is 9.78 Å². The average molecular weight is 406 g/mol. The zero-order valence-corrected chi connectivity index (χ0v) is 17.0. The number of carbonyl (C=O) groups is 2. The van der Waals surface area contributed by atoms with E-state index >= 15 is 0 Å². The van der Waals surface area contributed by atoms with Crippen molar-refractivity contribution in [1.82, 2.24) is 24.6 Å². The highest BCUT2D eigenvalue weighted by Gasteiger charge is 2.34. The van der Waals surface area contributed by atoms with Crippen LogP contribution in [0.15, 0.2) is 42.9 Å². The van der Waals surface area contributed by atoms with Gasteiger partial charge in [0, 0.05) is 44.0 Å². The minimum atomic E-state index is -0.497. The van der Waals surface area contributed by atoms with Gasteiger partial charge in [0.2, 0.25) is 5.91 Å². The molecule has 3 heterocycles. The smallest absolute Gasteiger partial charge is 0.329 e. The van der Waals surface area contributed by atoms with E-state index in [0.717, 1.165) is 29.0 Å². The molecule has 0 saturated heterocycles. The van der Waals surface area contributed by atoms with Crippen LogP contribution in [-0.2, 0) is 11.8 Å². The van der Waals surface area contributed by atoms with Crippen molar-refractivity contribution in [1.29, 1.82) is 0 Å². The number of nitrogens with one attached hydrogen (secondary N) is 1. The molecule has 1 saturated carbocycles. The van der Waals surface area contributed by atoms with Crippen LogP contribution in [0.3, 0.4) is 0 Å². The second-order valence-corrected chi connectivity index (χ2v) is 7.26. The summed E-state index contributed by atoms with van der Waals surface area (Å²) in [5.74, 6) is 1.33. The van der Waals surface area contributed by atoms with E-state index < -0.39 is 6.03 Å². The van der Waals surface area contributed by atoms with Gasteiger partial charge in [-0.05, 0) is 38.0 Å². The quantitative estimate of drug-likeness (QED) is 0.697. The Balaban J connectivity index is 1.45. The Labute approximate surface area is 173 Å². The summed E-state index contributed by atoms with van der Waals surface area (Å²) in [6, 6.07) is 6.45. The Bertz CT molecular complexity index is 1110. The van der Waals surface area contributed by atoms with E-state index in [4.69, 9.17) is 4.74 Å². The number of hydrogen-bond acceptors (Lipinski definition) is 6. The van der Waals surface area contributed by atoms with Crippen LogP contribution in [0.25, 0.3) is 11.3 Å². The van der Waals surface area contributed by atoms with Crippen molar-refractivity contribution in [2.75, 3.05) is 12.4 Å². The van der Waals surface area contributed by atoms with Crippen molar-refractivity contribution in [3.63, 3.8) is 0 Å². The molecule has 0 aliphatic heterocycles. The lowest BCUT2D eigenvalue weighted by molar-refractivity contribution is -0.128. The average Bonchev–Trinajstić information content (AvgIpc) is 3.49. The Morgan fingerprint density at radius 1 is 1.27 bits per heavy atom.